The summed E-state index contributed by atoms with van der Waals surface area (Å²) in [5.41, 5.74) is 5.57. The molecule has 3 amide bonds. The molecule has 0 unspecified atom stereocenters. The van der Waals surface area contributed by atoms with Gasteiger partial charge in [-0.1, -0.05) is 41.6 Å². The van der Waals surface area contributed by atoms with E-state index in [1.54, 1.807) is 65.9 Å². The van der Waals surface area contributed by atoms with Gasteiger partial charge < -0.3 is 10.1 Å². The Morgan fingerprint density at radius 1 is 1.11 bits per heavy atom. The van der Waals surface area contributed by atoms with E-state index >= 15 is 0 Å². The molecule has 1 aliphatic heterocycles. The molecule has 194 valence electrons. The van der Waals surface area contributed by atoms with E-state index in [-0.39, 0.29) is 22.7 Å². The number of aryl methyl sites for hydroxylation is 1. The number of benzene rings is 2. The molecule has 0 atom stereocenters. The lowest BCUT2D eigenvalue weighted by molar-refractivity contribution is -0.123. The second kappa shape index (κ2) is 11.7. The number of nitrogens with one attached hydrogen (secondary N) is 2. The minimum atomic E-state index is -0.423. The van der Waals surface area contributed by atoms with Crippen molar-refractivity contribution >= 4 is 80.7 Å². The second-order valence-electron chi connectivity index (χ2n) is 8.60. The Kier molecular flexibility index (Phi) is 8.13. The Morgan fingerprint density at radius 2 is 1.87 bits per heavy atom. The number of hydrogen-bond acceptors (Lipinski definition) is 7. The van der Waals surface area contributed by atoms with Gasteiger partial charge in [0.1, 0.15) is 5.75 Å². The van der Waals surface area contributed by atoms with Gasteiger partial charge in [-0.2, -0.15) is 5.01 Å². The van der Waals surface area contributed by atoms with Gasteiger partial charge >= 0.3 is 0 Å². The largest absolute Gasteiger partial charge is 0.483 e. The molecule has 1 saturated heterocycles. The van der Waals surface area contributed by atoms with Crippen LogP contribution in [0.3, 0.4) is 0 Å². The highest BCUT2D eigenvalue weighted by Gasteiger charge is 2.34. The Balaban J connectivity index is 1.25. The summed E-state index contributed by atoms with van der Waals surface area (Å²) in [6.07, 6.45) is 5.68. The van der Waals surface area contributed by atoms with Gasteiger partial charge in [0.15, 0.2) is 10.9 Å². The Hall–Kier alpha value is -3.18. The molecule has 2 heterocycles. The van der Waals surface area contributed by atoms with Crippen LogP contribution < -0.4 is 15.5 Å². The van der Waals surface area contributed by atoms with E-state index in [1.807, 2.05) is 5.38 Å². The van der Waals surface area contributed by atoms with Crippen molar-refractivity contribution in [1.29, 1.82) is 0 Å². The van der Waals surface area contributed by atoms with Crippen LogP contribution in [0.4, 0.5) is 5.69 Å². The summed E-state index contributed by atoms with van der Waals surface area (Å²) < 4.78 is 5.98. The van der Waals surface area contributed by atoms with Gasteiger partial charge in [0.25, 0.3) is 17.7 Å². The number of hydrogen-bond donors (Lipinski definition) is 2. The number of hydrazine groups is 1. The first kappa shape index (κ1) is 26.4. The molecule has 1 aromatic heterocycles. The third-order valence-corrected chi connectivity index (χ3v) is 8.65. The number of thioether (sulfide) groups is 1. The van der Waals surface area contributed by atoms with E-state index in [0.29, 0.717) is 32.5 Å². The fourth-order valence-corrected chi connectivity index (χ4v) is 6.58. The van der Waals surface area contributed by atoms with Crippen molar-refractivity contribution in [1.82, 2.24) is 10.4 Å². The van der Waals surface area contributed by atoms with Crippen molar-refractivity contribution in [2.75, 3.05) is 11.9 Å². The summed E-state index contributed by atoms with van der Waals surface area (Å²) >= 11 is 14.0. The lowest BCUT2D eigenvalue weighted by atomic mass is 9.96. The van der Waals surface area contributed by atoms with Gasteiger partial charge in [0.05, 0.1) is 10.5 Å². The van der Waals surface area contributed by atoms with Crippen LogP contribution in [-0.4, -0.2) is 33.7 Å². The molecular weight excluding hydrogens is 562 g/mol. The molecule has 2 aromatic carbocycles. The standard InChI is InChI=1S/C27H22ClN3O4S3/c28-17-9-11-18(12-10-17)29-24(32)14-35-21-7-3-1-5-16(21)13-23-26(34)31(27(36)38-23)30-25(33)20-15-37-22-8-4-2-6-19(20)22/h1,3,5,7,9-13,15H,2,4,6,8,14H2,(H,29,32)(H,30,33)/b23-13+. The third kappa shape index (κ3) is 5.94. The predicted octanol–water partition coefficient (Wildman–Crippen LogP) is 5.84. The predicted molar refractivity (Wildman–Crippen MR) is 155 cm³/mol. The number of rotatable bonds is 7. The average molecular weight is 584 g/mol. The fraction of sp³-hybridized carbons (Fsp3) is 0.185. The Labute approximate surface area is 238 Å². The molecule has 5 rings (SSSR count). The first-order chi connectivity index (χ1) is 18.4. The van der Waals surface area contributed by atoms with E-state index in [1.165, 1.54) is 4.88 Å². The maximum atomic E-state index is 13.1. The molecule has 38 heavy (non-hydrogen) atoms. The highest BCUT2D eigenvalue weighted by Crippen LogP contribution is 2.34. The summed E-state index contributed by atoms with van der Waals surface area (Å²) in [5.74, 6) is -0.671. The van der Waals surface area contributed by atoms with Crippen LogP contribution in [0.15, 0.2) is 58.8 Å². The number of para-hydroxylation sites is 1. The number of carbonyl (C=O) groups is 3. The van der Waals surface area contributed by atoms with Crippen molar-refractivity contribution in [3.05, 3.63) is 85.4 Å². The average Bonchev–Trinajstić information content (AvgIpc) is 3.46. The summed E-state index contributed by atoms with van der Waals surface area (Å²) in [4.78, 5) is 40.1. The summed E-state index contributed by atoms with van der Waals surface area (Å²) in [7, 11) is 0. The van der Waals surface area contributed by atoms with E-state index < -0.39 is 5.91 Å². The fourth-order valence-electron chi connectivity index (χ4n) is 4.16. The number of ether oxygens (including phenoxy) is 1. The SMILES string of the molecule is O=C(COc1ccccc1/C=C1/SC(=S)N(NC(=O)c2csc3c2CCCC3)C1=O)Nc1ccc(Cl)cc1. The van der Waals surface area contributed by atoms with Crippen LogP contribution in [0.2, 0.25) is 5.02 Å². The molecule has 3 aromatic rings. The minimum Gasteiger partial charge on any atom is -0.483 e. The van der Waals surface area contributed by atoms with Gasteiger partial charge in [-0.05, 0) is 79.9 Å². The van der Waals surface area contributed by atoms with Crippen molar-refractivity contribution in [2.45, 2.75) is 25.7 Å². The van der Waals surface area contributed by atoms with Crippen LogP contribution in [0, 0.1) is 0 Å². The number of thiophene rings is 1. The molecule has 0 spiro atoms. The molecule has 7 nitrogen and oxygen atoms in total. The van der Waals surface area contributed by atoms with Gasteiger partial charge in [0, 0.05) is 26.5 Å². The summed E-state index contributed by atoms with van der Waals surface area (Å²) in [6.45, 7) is -0.227. The van der Waals surface area contributed by atoms with Crippen molar-refractivity contribution in [2.24, 2.45) is 0 Å². The van der Waals surface area contributed by atoms with Gasteiger partial charge in [0.2, 0.25) is 0 Å². The number of fused-ring (bicyclic) bond motifs is 1. The van der Waals surface area contributed by atoms with Crippen molar-refractivity contribution in [3.8, 4) is 5.75 Å². The van der Waals surface area contributed by atoms with Crippen LogP contribution in [0.5, 0.6) is 5.75 Å². The topological polar surface area (TPSA) is 87.7 Å². The molecule has 11 heteroatoms. The van der Waals surface area contributed by atoms with Crippen LogP contribution in [-0.2, 0) is 22.4 Å². The third-order valence-electron chi connectivity index (χ3n) is 6.01. The van der Waals surface area contributed by atoms with Gasteiger partial charge in [-0.25, -0.2) is 0 Å². The van der Waals surface area contributed by atoms with E-state index in [4.69, 9.17) is 28.6 Å². The minimum absolute atomic E-state index is 0.227. The normalized spacial score (nSPS) is 15.9. The quantitative estimate of drug-likeness (QED) is 0.268. The van der Waals surface area contributed by atoms with E-state index in [2.05, 4.69) is 10.7 Å². The zero-order valence-electron chi connectivity index (χ0n) is 20.0. The number of halogens is 1. The first-order valence-corrected chi connectivity index (χ1v) is 14.3. The van der Waals surface area contributed by atoms with Crippen molar-refractivity contribution in [3.63, 3.8) is 0 Å². The zero-order valence-corrected chi connectivity index (χ0v) is 23.2. The lowest BCUT2D eigenvalue weighted by Gasteiger charge is -2.17. The van der Waals surface area contributed by atoms with Gasteiger partial charge in [-0.15, -0.1) is 11.3 Å². The van der Waals surface area contributed by atoms with Crippen LogP contribution in [0.1, 0.15) is 39.2 Å². The molecular formula is C27H22ClN3O4S3. The molecule has 2 N–H and O–H groups in total. The second-order valence-corrected chi connectivity index (χ2v) is 11.7. The molecule has 1 fully saturated rings. The maximum absolute atomic E-state index is 13.1. The Morgan fingerprint density at radius 3 is 2.68 bits per heavy atom. The van der Waals surface area contributed by atoms with Gasteiger partial charge in [-0.3, -0.25) is 19.8 Å². The monoisotopic (exact) mass is 583 g/mol. The molecule has 0 saturated carbocycles. The van der Waals surface area contributed by atoms with E-state index in [0.717, 1.165) is 48.0 Å². The first-order valence-electron chi connectivity index (χ1n) is 11.8. The highest BCUT2D eigenvalue weighted by molar-refractivity contribution is 8.26. The highest BCUT2D eigenvalue weighted by atomic mass is 35.5. The number of thiocarbonyl (C=S) groups is 1. The zero-order chi connectivity index (χ0) is 26.6. The van der Waals surface area contributed by atoms with Crippen LogP contribution in [0.25, 0.3) is 6.08 Å². The molecule has 2 aliphatic rings. The number of amides is 3. The van der Waals surface area contributed by atoms with Crippen molar-refractivity contribution < 1.29 is 19.1 Å². The smallest absolute Gasteiger partial charge is 0.285 e. The molecule has 0 bridgehead atoms. The summed E-state index contributed by atoms with van der Waals surface area (Å²) in [6, 6.07) is 13.8. The number of nitrogens with zero attached hydrogens (tertiary/aromatic N) is 1. The molecule has 0 radical (unpaired) electrons. The maximum Gasteiger partial charge on any atom is 0.285 e. The van der Waals surface area contributed by atoms with Crippen LogP contribution >= 0.6 is 46.9 Å². The lowest BCUT2D eigenvalue weighted by Crippen LogP contribution is -2.45. The summed E-state index contributed by atoms with van der Waals surface area (Å²) in [5, 5.41) is 6.28. The number of carbonyl (C=O) groups excluding carboxylic acids is 3. The molecule has 1 aliphatic carbocycles. The number of anilines is 1. The van der Waals surface area contributed by atoms with E-state index in [9.17, 15) is 14.4 Å². The Bertz CT molecular complexity index is 1450.